The predicted molar refractivity (Wildman–Crippen MR) is 58.4 cm³/mol. The molecule has 2 rings (SSSR count). The lowest BCUT2D eigenvalue weighted by molar-refractivity contribution is -0.140. The predicted octanol–water partition coefficient (Wildman–Crippen LogP) is 2.37. The third-order valence-electron chi connectivity index (χ3n) is 2.58. The maximum absolute atomic E-state index is 12.4. The SMILES string of the molecule is Cc1nc2cc(CN)ccc2n1CC(F)(F)F. The van der Waals surface area contributed by atoms with Crippen LogP contribution in [0.15, 0.2) is 18.2 Å². The van der Waals surface area contributed by atoms with E-state index < -0.39 is 12.7 Å². The molecule has 0 fully saturated rings. The Morgan fingerprint density at radius 1 is 1.35 bits per heavy atom. The van der Waals surface area contributed by atoms with E-state index in [4.69, 9.17) is 5.73 Å². The number of fused-ring (bicyclic) bond motifs is 1. The number of hydrogen-bond acceptors (Lipinski definition) is 2. The van der Waals surface area contributed by atoms with Crippen molar-refractivity contribution in [3.8, 4) is 0 Å². The van der Waals surface area contributed by atoms with Crippen molar-refractivity contribution < 1.29 is 13.2 Å². The highest BCUT2D eigenvalue weighted by atomic mass is 19.4. The zero-order chi connectivity index (χ0) is 12.6. The molecule has 0 aliphatic heterocycles. The van der Waals surface area contributed by atoms with Crippen molar-refractivity contribution in [1.29, 1.82) is 0 Å². The van der Waals surface area contributed by atoms with E-state index in [9.17, 15) is 13.2 Å². The second-order valence-corrected chi connectivity index (χ2v) is 3.89. The first kappa shape index (κ1) is 11.9. The molecule has 0 bridgehead atoms. The summed E-state index contributed by atoms with van der Waals surface area (Å²) in [6.07, 6.45) is -4.25. The number of nitrogens with zero attached hydrogens (tertiary/aromatic N) is 2. The lowest BCUT2D eigenvalue weighted by atomic mass is 10.2. The van der Waals surface area contributed by atoms with Gasteiger partial charge in [0.15, 0.2) is 0 Å². The molecule has 0 amide bonds. The van der Waals surface area contributed by atoms with Gasteiger partial charge in [-0.15, -0.1) is 0 Å². The quantitative estimate of drug-likeness (QED) is 0.880. The summed E-state index contributed by atoms with van der Waals surface area (Å²) in [5.41, 5.74) is 7.36. The number of alkyl halides is 3. The average molecular weight is 243 g/mol. The van der Waals surface area contributed by atoms with Gasteiger partial charge in [-0.25, -0.2) is 4.98 Å². The number of nitrogens with two attached hydrogens (primary N) is 1. The Labute approximate surface area is 96.0 Å². The van der Waals surface area contributed by atoms with E-state index in [0.29, 0.717) is 23.4 Å². The lowest BCUT2D eigenvalue weighted by Gasteiger charge is -2.10. The monoisotopic (exact) mass is 243 g/mol. The van der Waals surface area contributed by atoms with Crippen molar-refractivity contribution in [1.82, 2.24) is 9.55 Å². The normalized spacial score (nSPS) is 12.3. The smallest absolute Gasteiger partial charge is 0.326 e. The van der Waals surface area contributed by atoms with Crippen LogP contribution in [0, 0.1) is 6.92 Å². The maximum Gasteiger partial charge on any atom is 0.406 e. The van der Waals surface area contributed by atoms with Gasteiger partial charge >= 0.3 is 6.18 Å². The largest absolute Gasteiger partial charge is 0.406 e. The van der Waals surface area contributed by atoms with Gasteiger partial charge in [-0.3, -0.25) is 0 Å². The molecule has 1 heterocycles. The van der Waals surface area contributed by atoms with Gasteiger partial charge in [-0.1, -0.05) is 6.07 Å². The van der Waals surface area contributed by atoms with Gasteiger partial charge in [0.05, 0.1) is 11.0 Å². The second kappa shape index (κ2) is 4.03. The molecule has 0 saturated carbocycles. The molecular formula is C11H12F3N3. The van der Waals surface area contributed by atoms with Crippen LogP contribution in [0.4, 0.5) is 13.2 Å². The molecule has 0 saturated heterocycles. The fraction of sp³-hybridized carbons (Fsp3) is 0.364. The van der Waals surface area contributed by atoms with Crippen LogP contribution in [0.1, 0.15) is 11.4 Å². The minimum absolute atomic E-state index is 0.348. The molecule has 1 aromatic heterocycles. The van der Waals surface area contributed by atoms with Gasteiger partial charge in [0.1, 0.15) is 12.4 Å². The van der Waals surface area contributed by atoms with E-state index in [1.54, 1.807) is 25.1 Å². The molecule has 0 atom stereocenters. The molecule has 0 aliphatic carbocycles. The molecule has 6 heteroatoms. The summed E-state index contributed by atoms with van der Waals surface area (Å²) in [6, 6.07) is 5.06. The van der Waals surface area contributed by atoms with E-state index in [1.165, 1.54) is 0 Å². The number of imidazole rings is 1. The lowest BCUT2D eigenvalue weighted by Crippen LogP contribution is -2.18. The molecule has 1 aromatic carbocycles. The first-order valence-corrected chi connectivity index (χ1v) is 5.13. The third-order valence-corrected chi connectivity index (χ3v) is 2.58. The van der Waals surface area contributed by atoms with Crippen molar-refractivity contribution in [2.24, 2.45) is 5.73 Å². The Bertz CT molecular complexity index is 543. The van der Waals surface area contributed by atoms with Crippen molar-refractivity contribution in [2.45, 2.75) is 26.2 Å². The molecule has 3 nitrogen and oxygen atoms in total. The summed E-state index contributed by atoms with van der Waals surface area (Å²) >= 11 is 0. The first-order valence-electron chi connectivity index (χ1n) is 5.13. The summed E-state index contributed by atoms with van der Waals surface area (Å²) in [5.74, 6) is 0.353. The third kappa shape index (κ3) is 2.41. The van der Waals surface area contributed by atoms with E-state index in [2.05, 4.69) is 4.98 Å². The average Bonchev–Trinajstić information content (AvgIpc) is 2.52. The molecular weight excluding hydrogens is 231 g/mol. The molecule has 0 aliphatic rings. The minimum Gasteiger partial charge on any atom is -0.326 e. The minimum atomic E-state index is -4.25. The molecule has 92 valence electrons. The van der Waals surface area contributed by atoms with Crippen molar-refractivity contribution in [3.63, 3.8) is 0 Å². The van der Waals surface area contributed by atoms with Crippen LogP contribution in [-0.2, 0) is 13.1 Å². The Balaban J connectivity index is 2.52. The van der Waals surface area contributed by atoms with Crippen molar-refractivity contribution in [3.05, 3.63) is 29.6 Å². The van der Waals surface area contributed by atoms with Crippen LogP contribution in [0.25, 0.3) is 11.0 Å². The van der Waals surface area contributed by atoms with Crippen LogP contribution in [0.2, 0.25) is 0 Å². The number of hydrogen-bond donors (Lipinski definition) is 1. The van der Waals surface area contributed by atoms with Gasteiger partial charge < -0.3 is 10.3 Å². The van der Waals surface area contributed by atoms with Gasteiger partial charge in [0.2, 0.25) is 0 Å². The van der Waals surface area contributed by atoms with Crippen LogP contribution in [0.5, 0.6) is 0 Å². The standard InChI is InChI=1S/C11H12F3N3/c1-7-16-9-4-8(5-15)2-3-10(9)17(7)6-11(12,13)14/h2-4H,5-6,15H2,1H3. The highest BCUT2D eigenvalue weighted by Gasteiger charge is 2.29. The molecule has 0 unspecified atom stereocenters. The number of aryl methyl sites for hydroxylation is 1. The topological polar surface area (TPSA) is 43.8 Å². The fourth-order valence-electron chi connectivity index (χ4n) is 1.80. The maximum atomic E-state index is 12.4. The first-order chi connectivity index (χ1) is 7.90. The highest BCUT2D eigenvalue weighted by molar-refractivity contribution is 5.76. The molecule has 2 N–H and O–H groups in total. The molecule has 0 radical (unpaired) electrons. The van der Waals surface area contributed by atoms with Crippen LogP contribution >= 0.6 is 0 Å². The Hall–Kier alpha value is -1.56. The van der Waals surface area contributed by atoms with E-state index in [0.717, 1.165) is 10.1 Å². The summed E-state index contributed by atoms with van der Waals surface area (Å²) in [5, 5.41) is 0. The Kier molecular flexibility index (Phi) is 2.82. The number of benzene rings is 1. The zero-order valence-electron chi connectivity index (χ0n) is 9.25. The van der Waals surface area contributed by atoms with Gasteiger partial charge in [-0.2, -0.15) is 13.2 Å². The van der Waals surface area contributed by atoms with Crippen molar-refractivity contribution in [2.75, 3.05) is 0 Å². The van der Waals surface area contributed by atoms with Crippen molar-refractivity contribution >= 4 is 11.0 Å². The molecule has 2 aromatic rings. The number of rotatable bonds is 2. The fourth-order valence-corrected chi connectivity index (χ4v) is 1.80. The molecule has 17 heavy (non-hydrogen) atoms. The summed E-state index contributed by atoms with van der Waals surface area (Å²) in [7, 11) is 0. The van der Waals surface area contributed by atoms with Gasteiger partial charge in [0.25, 0.3) is 0 Å². The number of aromatic nitrogens is 2. The summed E-state index contributed by atoms with van der Waals surface area (Å²) in [4.78, 5) is 4.11. The Morgan fingerprint density at radius 3 is 2.65 bits per heavy atom. The van der Waals surface area contributed by atoms with Crippen LogP contribution in [0.3, 0.4) is 0 Å². The van der Waals surface area contributed by atoms with E-state index in [1.807, 2.05) is 0 Å². The van der Waals surface area contributed by atoms with Crippen LogP contribution in [-0.4, -0.2) is 15.7 Å². The summed E-state index contributed by atoms with van der Waals surface area (Å²) in [6.45, 7) is 0.895. The Morgan fingerprint density at radius 2 is 2.06 bits per heavy atom. The molecule has 0 spiro atoms. The van der Waals surface area contributed by atoms with Gasteiger partial charge in [-0.05, 0) is 24.6 Å². The van der Waals surface area contributed by atoms with E-state index in [-0.39, 0.29) is 0 Å². The zero-order valence-corrected chi connectivity index (χ0v) is 9.25. The highest BCUT2D eigenvalue weighted by Crippen LogP contribution is 2.23. The number of halogens is 3. The second-order valence-electron chi connectivity index (χ2n) is 3.89. The van der Waals surface area contributed by atoms with Gasteiger partial charge in [0, 0.05) is 6.54 Å². The summed E-state index contributed by atoms with van der Waals surface area (Å²) < 4.78 is 38.4. The van der Waals surface area contributed by atoms with E-state index >= 15 is 0 Å². The van der Waals surface area contributed by atoms with Crippen LogP contribution < -0.4 is 5.73 Å².